The van der Waals surface area contributed by atoms with Crippen LogP contribution in [0.5, 0.6) is 0 Å². The van der Waals surface area contributed by atoms with Crippen molar-refractivity contribution >= 4 is 5.95 Å². The molecule has 1 unspecified atom stereocenters. The van der Waals surface area contributed by atoms with E-state index in [0.717, 1.165) is 62.5 Å². The van der Waals surface area contributed by atoms with Gasteiger partial charge in [-0.25, -0.2) is 4.98 Å². The van der Waals surface area contributed by atoms with E-state index in [1.165, 1.54) is 17.7 Å². The standard InChI is InChI=1S/C22H34N8/c1-29(20-6-2-4-17-5-3-9-25-21(17)20)15-18(23)19(28-24)14-16-7-12-30(13-8-16)22-26-10-11-27-22/h3,5,9-11,16,20,28H,2,4,6-8,12-15,23-24H2,1H3,(H,26,27)/b19-18-. The van der Waals surface area contributed by atoms with Gasteiger partial charge in [0, 0.05) is 49.6 Å². The highest BCUT2D eigenvalue weighted by Gasteiger charge is 2.26. The van der Waals surface area contributed by atoms with Crippen molar-refractivity contribution in [2.45, 2.75) is 44.6 Å². The quantitative estimate of drug-likeness (QED) is 0.408. The number of fused-ring (bicyclic) bond motifs is 1. The maximum atomic E-state index is 6.53. The zero-order valence-corrected chi connectivity index (χ0v) is 17.8. The van der Waals surface area contributed by atoms with Gasteiger partial charge in [0.25, 0.3) is 0 Å². The molecule has 2 aromatic rings. The van der Waals surface area contributed by atoms with E-state index >= 15 is 0 Å². The highest BCUT2D eigenvalue weighted by atomic mass is 15.3. The number of H-pyrrole nitrogens is 1. The van der Waals surface area contributed by atoms with E-state index in [-0.39, 0.29) is 0 Å². The van der Waals surface area contributed by atoms with Crippen LogP contribution in [-0.2, 0) is 6.42 Å². The van der Waals surface area contributed by atoms with Crippen molar-refractivity contribution in [2.24, 2.45) is 17.5 Å². The smallest absolute Gasteiger partial charge is 0.202 e. The molecular weight excluding hydrogens is 376 g/mol. The zero-order valence-electron chi connectivity index (χ0n) is 17.8. The summed E-state index contributed by atoms with van der Waals surface area (Å²) < 4.78 is 0. The molecule has 1 saturated heterocycles. The van der Waals surface area contributed by atoms with Gasteiger partial charge in [0.15, 0.2) is 0 Å². The molecule has 2 aromatic heterocycles. The number of nitrogens with two attached hydrogens (primary N) is 2. The third-order valence-corrected chi connectivity index (χ3v) is 6.57. The molecule has 0 spiro atoms. The number of pyridine rings is 1. The zero-order chi connectivity index (χ0) is 20.9. The minimum Gasteiger partial charge on any atom is -0.400 e. The normalized spacial score (nSPS) is 20.8. The van der Waals surface area contributed by atoms with Gasteiger partial charge in [-0.15, -0.1) is 0 Å². The van der Waals surface area contributed by atoms with Gasteiger partial charge >= 0.3 is 0 Å². The Morgan fingerprint density at radius 3 is 2.83 bits per heavy atom. The summed E-state index contributed by atoms with van der Waals surface area (Å²) in [5.74, 6) is 7.42. The van der Waals surface area contributed by atoms with Crippen LogP contribution in [0.3, 0.4) is 0 Å². The van der Waals surface area contributed by atoms with Crippen LogP contribution in [0, 0.1) is 5.92 Å². The van der Waals surface area contributed by atoms with Gasteiger partial charge in [-0.3, -0.25) is 15.7 Å². The van der Waals surface area contributed by atoms with Crippen LogP contribution in [0.25, 0.3) is 0 Å². The summed E-state index contributed by atoms with van der Waals surface area (Å²) in [6.07, 6.45) is 12.1. The van der Waals surface area contributed by atoms with Crippen LogP contribution in [0.1, 0.15) is 49.4 Å². The number of nitrogens with zero attached hydrogens (tertiary/aromatic N) is 4. The number of anilines is 1. The molecule has 6 N–H and O–H groups in total. The molecule has 8 heteroatoms. The Labute approximate surface area is 178 Å². The number of imidazole rings is 1. The number of hydrogen-bond donors (Lipinski definition) is 4. The van der Waals surface area contributed by atoms with Crippen molar-refractivity contribution < 1.29 is 0 Å². The first-order valence-corrected chi connectivity index (χ1v) is 11.0. The summed E-state index contributed by atoms with van der Waals surface area (Å²) in [5, 5.41) is 0. The SMILES string of the molecule is CN(C/C(N)=C(\CC1CCN(c2ncc[nH]2)CC1)NN)C1CCCc2cccnc21. The highest BCUT2D eigenvalue weighted by molar-refractivity contribution is 5.29. The number of aromatic amines is 1. The fourth-order valence-electron chi connectivity index (χ4n) is 4.84. The van der Waals surface area contributed by atoms with Gasteiger partial charge in [-0.2, -0.15) is 0 Å². The molecule has 162 valence electrons. The number of nitrogens with one attached hydrogen (secondary N) is 2. The highest BCUT2D eigenvalue weighted by Crippen LogP contribution is 2.32. The average Bonchev–Trinajstić information content (AvgIpc) is 3.32. The molecule has 3 heterocycles. The number of piperidine rings is 1. The Hall–Kier alpha value is -2.58. The third-order valence-electron chi connectivity index (χ3n) is 6.57. The van der Waals surface area contributed by atoms with Crippen molar-refractivity contribution in [1.82, 2.24) is 25.3 Å². The van der Waals surface area contributed by atoms with Crippen LogP contribution in [0.4, 0.5) is 5.95 Å². The molecule has 30 heavy (non-hydrogen) atoms. The lowest BCUT2D eigenvalue weighted by Crippen LogP contribution is -2.37. The van der Waals surface area contributed by atoms with Gasteiger partial charge < -0.3 is 21.0 Å². The predicted octanol–water partition coefficient (Wildman–Crippen LogP) is 2.05. The van der Waals surface area contributed by atoms with Crippen LogP contribution in [-0.4, -0.2) is 46.5 Å². The molecule has 0 saturated carbocycles. The molecular formula is C22H34N8. The molecule has 0 amide bonds. The predicted molar refractivity (Wildman–Crippen MR) is 119 cm³/mol. The lowest BCUT2D eigenvalue weighted by atomic mass is 9.90. The van der Waals surface area contributed by atoms with E-state index in [1.807, 2.05) is 18.5 Å². The van der Waals surface area contributed by atoms with E-state index in [4.69, 9.17) is 11.6 Å². The van der Waals surface area contributed by atoms with E-state index in [2.05, 4.69) is 43.3 Å². The molecule has 4 rings (SSSR count). The summed E-state index contributed by atoms with van der Waals surface area (Å²) in [4.78, 5) is 16.8. The lowest BCUT2D eigenvalue weighted by molar-refractivity contribution is 0.231. The Kier molecular flexibility index (Phi) is 6.54. The Morgan fingerprint density at radius 2 is 2.10 bits per heavy atom. The van der Waals surface area contributed by atoms with Crippen LogP contribution >= 0.6 is 0 Å². The Bertz CT molecular complexity index is 839. The largest absolute Gasteiger partial charge is 0.400 e. The molecule has 0 aromatic carbocycles. The third kappa shape index (κ3) is 4.60. The monoisotopic (exact) mass is 410 g/mol. The number of likely N-dealkylation sites (N-methyl/N-ethyl adjacent to an activating group) is 1. The number of hydrogen-bond acceptors (Lipinski definition) is 7. The summed E-state index contributed by atoms with van der Waals surface area (Å²) in [6.45, 7) is 2.69. The first kappa shape index (κ1) is 20.7. The maximum absolute atomic E-state index is 6.53. The number of aryl methyl sites for hydroxylation is 1. The van der Waals surface area contributed by atoms with Gasteiger partial charge in [-0.1, -0.05) is 6.07 Å². The second-order valence-electron chi connectivity index (χ2n) is 8.57. The van der Waals surface area contributed by atoms with E-state index in [9.17, 15) is 0 Å². The summed E-state index contributed by atoms with van der Waals surface area (Å²) in [5.41, 5.74) is 13.8. The van der Waals surface area contributed by atoms with E-state index in [0.29, 0.717) is 18.5 Å². The maximum Gasteiger partial charge on any atom is 0.202 e. The van der Waals surface area contributed by atoms with E-state index in [1.54, 1.807) is 6.20 Å². The van der Waals surface area contributed by atoms with Crippen molar-refractivity contribution in [3.8, 4) is 0 Å². The number of hydrazine groups is 1. The molecule has 1 atom stereocenters. The van der Waals surface area contributed by atoms with Crippen molar-refractivity contribution in [3.05, 3.63) is 53.4 Å². The lowest BCUT2D eigenvalue weighted by Gasteiger charge is -2.34. The minimum atomic E-state index is 0.309. The van der Waals surface area contributed by atoms with Crippen molar-refractivity contribution in [1.29, 1.82) is 0 Å². The van der Waals surface area contributed by atoms with Crippen LogP contribution in [0.15, 0.2) is 42.1 Å². The molecule has 0 bridgehead atoms. The number of allylic oxidation sites excluding steroid dienone is 1. The van der Waals surface area contributed by atoms with Gasteiger partial charge in [-0.05, 0) is 63.1 Å². The van der Waals surface area contributed by atoms with Crippen molar-refractivity contribution in [3.63, 3.8) is 0 Å². The Balaban J connectivity index is 1.36. The number of rotatable bonds is 7. The molecule has 2 aliphatic rings. The van der Waals surface area contributed by atoms with Gasteiger partial charge in [0.1, 0.15) is 0 Å². The minimum absolute atomic E-state index is 0.309. The first-order valence-electron chi connectivity index (χ1n) is 11.0. The second kappa shape index (κ2) is 9.49. The summed E-state index contributed by atoms with van der Waals surface area (Å²) in [6, 6.07) is 4.54. The summed E-state index contributed by atoms with van der Waals surface area (Å²) in [7, 11) is 2.14. The van der Waals surface area contributed by atoms with E-state index < -0.39 is 0 Å². The molecule has 1 fully saturated rings. The fourth-order valence-corrected chi connectivity index (χ4v) is 4.84. The average molecular weight is 411 g/mol. The topological polar surface area (TPSA) is 112 Å². The molecule has 1 aliphatic carbocycles. The summed E-state index contributed by atoms with van der Waals surface area (Å²) >= 11 is 0. The van der Waals surface area contributed by atoms with Crippen molar-refractivity contribution in [2.75, 3.05) is 31.6 Å². The second-order valence-corrected chi connectivity index (χ2v) is 8.57. The number of aromatic nitrogens is 3. The molecule has 1 aliphatic heterocycles. The molecule has 8 nitrogen and oxygen atoms in total. The Morgan fingerprint density at radius 1 is 1.27 bits per heavy atom. The fraction of sp³-hybridized carbons (Fsp3) is 0.545. The molecule has 0 radical (unpaired) electrons. The van der Waals surface area contributed by atoms with Crippen LogP contribution in [0.2, 0.25) is 0 Å². The first-order chi connectivity index (χ1) is 14.7. The van der Waals surface area contributed by atoms with Gasteiger partial charge in [0.2, 0.25) is 5.95 Å². The van der Waals surface area contributed by atoms with Crippen LogP contribution < -0.4 is 21.9 Å². The van der Waals surface area contributed by atoms with Gasteiger partial charge in [0.05, 0.1) is 11.7 Å².